The lowest BCUT2D eigenvalue weighted by Crippen LogP contribution is -2.29. The van der Waals surface area contributed by atoms with E-state index in [0.29, 0.717) is 17.4 Å². The molecule has 0 aliphatic heterocycles. The highest BCUT2D eigenvalue weighted by molar-refractivity contribution is 4.73. The zero-order chi connectivity index (χ0) is 11.4. The maximum atomic E-state index is 6.03. The highest BCUT2D eigenvalue weighted by Gasteiger charge is 2.19. The van der Waals surface area contributed by atoms with Crippen LogP contribution in [-0.2, 0) is 0 Å². The second kappa shape index (κ2) is 5.75. The molecule has 0 aliphatic rings. The Balaban J connectivity index is 3.88. The Morgan fingerprint density at radius 3 is 2.00 bits per heavy atom. The van der Waals surface area contributed by atoms with Crippen LogP contribution in [0, 0.1) is 17.3 Å². The monoisotopic (exact) mass is 199 g/mol. The van der Waals surface area contributed by atoms with Crippen molar-refractivity contribution in [2.24, 2.45) is 23.0 Å². The molecule has 0 aromatic carbocycles. The molecule has 14 heavy (non-hydrogen) atoms. The van der Waals surface area contributed by atoms with E-state index in [1.54, 1.807) is 0 Å². The summed E-state index contributed by atoms with van der Waals surface area (Å²) in [6.45, 7) is 13.8. The molecule has 0 saturated carbocycles. The smallest absolute Gasteiger partial charge is 0.00620 e. The molecule has 0 amide bonds. The second-order valence-electron chi connectivity index (χ2n) is 6.16. The van der Waals surface area contributed by atoms with E-state index in [4.69, 9.17) is 5.73 Å². The molecule has 0 rings (SSSR count). The van der Waals surface area contributed by atoms with Crippen LogP contribution in [-0.4, -0.2) is 6.04 Å². The first-order chi connectivity index (χ1) is 6.26. The zero-order valence-electron chi connectivity index (χ0n) is 10.9. The van der Waals surface area contributed by atoms with E-state index in [0.717, 1.165) is 12.3 Å². The molecule has 1 nitrogen and oxygen atoms in total. The molecule has 86 valence electrons. The molecular formula is C13H29N. The summed E-state index contributed by atoms with van der Waals surface area (Å²) < 4.78 is 0. The highest BCUT2D eigenvalue weighted by Crippen LogP contribution is 2.28. The van der Waals surface area contributed by atoms with Crippen molar-refractivity contribution < 1.29 is 0 Å². The largest absolute Gasteiger partial charge is 0.327 e. The van der Waals surface area contributed by atoms with E-state index in [1.165, 1.54) is 12.8 Å². The van der Waals surface area contributed by atoms with E-state index >= 15 is 0 Å². The fourth-order valence-electron chi connectivity index (χ4n) is 2.34. The molecule has 1 heteroatoms. The third kappa shape index (κ3) is 6.42. The normalized spacial score (nSPS) is 19.1. The van der Waals surface area contributed by atoms with Gasteiger partial charge >= 0.3 is 0 Å². The van der Waals surface area contributed by atoms with Gasteiger partial charge in [0.2, 0.25) is 0 Å². The van der Waals surface area contributed by atoms with Gasteiger partial charge in [-0.05, 0) is 36.5 Å². The topological polar surface area (TPSA) is 26.0 Å². The van der Waals surface area contributed by atoms with E-state index in [2.05, 4.69) is 41.5 Å². The van der Waals surface area contributed by atoms with Gasteiger partial charge in [0.1, 0.15) is 0 Å². The molecule has 0 heterocycles. The first-order valence-corrected chi connectivity index (χ1v) is 6.02. The van der Waals surface area contributed by atoms with Crippen LogP contribution >= 0.6 is 0 Å². The summed E-state index contributed by atoms with van der Waals surface area (Å²) in [7, 11) is 0. The van der Waals surface area contributed by atoms with E-state index < -0.39 is 0 Å². The number of nitrogens with two attached hydrogens (primary N) is 1. The minimum Gasteiger partial charge on any atom is -0.327 e. The Bertz CT molecular complexity index is 146. The fraction of sp³-hybridized carbons (Fsp3) is 1.00. The quantitative estimate of drug-likeness (QED) is 0.715. The van der Waals surface area contributed by atoms with Crippen LogP contribution in [0.25, 0.3) is 0 Å². The van der Waals surface area contributed by atoms with Crippen LogP contribution in [0.1, 0.15) is 60.8 Å². The van der Waals surface area contributed by atoms with Crippen LogP contribution in [0.3, 0.4) is 0 Å². The average molecular weight is 199 g/mol. The maximum Gasteiger partial charge on any atom is 0.00620 e. The van der Waals surface area contributed by atoms with Gasteiger partial charge in [0.25, 0.3) is 0 Å². The fourth-order valence-corrected chi connectivity index (χ4v) is 2.34. The predicted octanol–water partition coefficient (Wildman–Crippen LogP) is 3.82. The summed E-state index contributed by atoms with van der Waals surface area (Å²) >= 11 is 0. The second-order valence-corrected chi connectivity index (χ2v) is 6.16. The van der Waals surface area contributed by atoms with Crippen LogP contribution in [0.2, 0.25) is 0 Å². The van der Waals surface area contributed by atoms with Gasteiger partial charge in [-0.1, -0.05) is 41.5 Å². The van der Waals surface area contributed by atoms with Gasteiger partial charge in [-0.15, -0.1) is 0 Å². The van der Waals surface area contributed by atoms with Crippen LogP contribution in [0.4, 0.5) is 0 Å². The Hall–Kier alpha value is -0.0400. The van der Waals surface area contributed by atoms with Gasteiger partial charge in [-0.3, -0.25) is 0 Å². The highest BCUT2D eigenvalue weighted by atomic mass is 14.6. The molecule has 0 spiro atoms. The van der Waals surface area contributed by atoms with E-state index in [1.807, 2.05) is 0 Å². The van der Waals surface area contributed by atoms with Gasteiger partial charge in [-0.25, -0.2) is 0 Å². The third-order valence-electron chi connectivity index (χ3n) is 2.94. The van der Waals surface area contributed by atoms with Crippen LogP contribution < -0.4 is 5.73 Å². The average Bonchev–Trinajstić information content (AvgIpc) is 1.99. The molecule has 0 aliphatic carbocycles. The van der Waals surface area contributed by atoms with Gasteiger partial charge in [0.15, 0.2) is 0 Å². The molecule has 0 fully saturated rings. The Morgan fingerprint density at radius 1 is 1.14 bits per heavy atom. The number of hydrogen-bond acceptors (Lipinski definition) is 1. The molecule has 0 radical (unpaired) electrons. The zero-order valence-corrected chi connectivity index (χ0v) is 10.9. The van der Waals surface area contributed by atoms with Crippen LogP contribution in [0.15, 0.2) is 0 Å². The summed E-state index contributed by atoms with van der Waals surface area (Å²) in [6, 6.07) is 0.386. The lowest BCUT2D eigenvalue weighted by Gasteiger charge is -2.27. The third-order valence-corrected chi connectivity index (χ3v) is 2.94. The lowest BCUT2D eigenvalue weighted by molar-refractivity contribution is 0.258. The predicted molar refractivity (Wildman–Crippen MR) is 65.3 cm³/mol. The molecule has 0 aromatic rings. The lowest BCUT2D eigenvalue weighted by atomic mass is 9.80. The van der Waals surface area contributed by atoms with Crippen molar-refractivity contribution >= 4 is 0 Å². The van der Waals surface area contributed by atoms with Gasteiger partial charge < -0.3 is 5.73 Å². The molecule has 0 bridgehead atoms. The summed E-state index contributed by atoms with van der Waals surface area (Å²) in [4.78, 5) is 0. The molecule has 3 unspecified atom stereocenters. The Kier molecular flexibility index (Phi) is 5.73. The summed E-state index contributed by atoms with van der Waals surface area (Å²) in [5, 5.41) is 0. The molecule has 0 saturated heterocycles. The molecule has 2 N–H and O–H groups in total. The van der Waals surface area contributed by atoms with Crippen molar-refractivity contribution in [2.45, 2.75) is 66.8 Å². The first-order valence-electron chi connectivity index (χ1n) is 6.02. The van der Waals surface area contributed by atoms with E-state index in [9.17, 15) is 0 Å². The minimum absolute atomic E-state index is 0.386. The maximum absolute atomic E-state index is 6.03. The molecule has 3 atom stereocenters. The van der Waals surface area contributed by atoms with Crippen LogP contribution in [0.5, 0.6) is 0 Å². The molecular weight excluding hydrogens is 170 g/mol. The van der Waals surface area contributed by atoms with Crippen molar-refractivity contribution in [1.29, 1.82) is 0 Å². The number of hydrogen-bond donors (Lipinski definition) is 1. The molecule has 0 aromatic heterocycles. The number of rotatable bonds is 5. The summed E-state index contributed by atoms with van der Waals surface area (Å²) in [6.07, 6.45) is 3.67. The summed E-state index contributed by atoms with van der Waals surface area (Å²) in [5.74, 6) is 1.46. The SMILES string of the molecule is CCC(N)C(C)CC(C)CC(C)(C)C. The van der Waals surface area contributed by atoms with E-state index in [-0.39, 0.29) is 0 Å². The summed E-state index contributed by atoms with van der Waals surface area (Å²) in [5.41, 5.74) is 6.48. The van der Waals surface area contributed by atoms with Crippen molar-refractivity contribution in [3.05, 3.63) is 0 Å². The van der Waals surface area contributed by atoms with Crippen molar-refractivity contribution in [3.8, 4) is 0 Å². The van der Waals surface area contributed by atoms with Gasteiger partial charge in [0.05, 0.1) is 0 Å². The van der Waals surface area contributed by atoms with Crippen molar-refractivity contribution in [1.82, 2.24) is 0 Å². The Morgan fingerprint density at radius 2 is 1.64 bits per heavy atom. The van der Waals surface area contributed by atoms with Gasteiger partial charge in [-0.2, -0.15) is 0 Å². The van der Waals surface area contributed by atoms with Crippen molar-refractivity contribution in [2.75, 3.05) is 0 Å². The van der Waals surface area contributed by atoms with Crippen molar-refractivity contribution in [3.63, 3.8) is 0 Å². The first kappa shape index (κ1) is 14.0. The standard InChI is InChI=1S/C13H29N/c1-7-12(14)11(3)8-10(2)9-13(4,5)6/h10-12H,7-9,14H2,1-6H3. The Labute approximate surface area is 90.5 Å². The minimum atomic E-state index is 0.386. The van der Waals surface area contributed by atoms with Gasteiger partial charge in [0, 0.05) is 6.04 Å².